The van der Waals surface area contributed by atoms with Crippen molar-refractivity contribution in [2.45, 2.75) is 6.92 Å². The molecule has 1 fully saturated rings. The quantitative estimate of drug-likeness (QED) is 0.794. The van der Waals surface area contributed by atoms with E-state index in [-0.39, 0.29) is 0 Å². The average Bonchev–Trinajstić information content (AvgIpc) is 2.59. The second-order valence-electron chi connectivity index (χ2n) is 5.90. The maximum atomic E-state index is 6.01. The van der Waals surface area contributed by atoms with Crippen LogP contribution in [0.2, 0.25) is 5.15 Å². The highest BCUT2D eigenvalue weighted by molar-refractivity contribution is 6.30. The van der Waals surface area contributed by atoms with Crippen LogP contribution in [-0.4, -0.2) is 42.6 Å². The molecule has 3 nitrogen and oxygen atoms in total. The summed E-state index contributed by atoms with van der Waals surface area (Å²) >= 11 is 6.01. The zero-order valence-corrected chi connectivity index (χ0v) is 14.2. The number of hydrogen-bond acceptors (Lipinski definition) is 3. The van der Waals surface area contributed by atoms with Gasteiger partial charge in [0.1, 0.15) is 5.15 Å². The minimum absolute atomic E-state index is 0.596. The summed E-state index contributed by atoms with van der Waals surface area (Å²) in [6.07, 6.45) is 6.32. The summed E-state index contributed by atoms with van der Waals surface area (Å²) in [6.45, 7) is 7.20. The normalized spacial score (nSPS) is 16.2. The predicted molar refractivity (Wildman–Crippen MR) is 98.1 cm³/mol. The van der Waals surface area contributed by atoms with Crippen molar-refractivity contribution in [2.75, 3.05) is 37.6 Å². The fraction of sp³-hybridized carbons (Fsp3) is 0.316. The third-order valence-corrected chi connectivity index (χ3v) is 4.61. The van der Waals surface area contributed by atoms with Gasteiger partial charge in [-0.25, -0.2) is 4.98 Å². The first-order valence-electron chi connectivity index (χ1n) is 8.03. The van der Waals surface area contributed by atoms with E-state index < -0.39 is 0 Å². The molecule has 0 radical (unpaired) electrons. The largest absolute Gasteiger partial charge is 0.368 e. The maximum absolute atomic E-state index is 6.01. The number of hydrogen-bond donors (Lipinski definition) is 0. The van der Waals surface area contributed by atoms with Crippen molar-refractivity contribution in [2.24, 2.45) is 0 Å². The number of halogens is 1. The SMILES string of the molecule is Cc1cc(N2CCN(C/C=C/c3ccccc3)CC2)cnc1Cl. The monoisotopic (exact) mass is 327 g/mol. The summed E-state index contributed by atoms with van der Waals surface area (Å²) in [5, 5.41) is 0.596. The van der Waals surface area contributed by atoms with Crippen LogP contribution in [0.25, 0.3) is 6.08 Å². The van der Waals surface area contributed by atoms with Crippen LogP contribution in [0.5, 0.6) is 0 Å². The molecule has 2 aromatic rings. The van der Waals surface area contributed by atoms with Crippen molar-refractivity contribution in [3.05, 3.63) is 65.0 Å². The van der Waals surface area contributed by atoms with Crippen LogP contribution in [0.1, 0.15) is 11.1 Å². The molecule has 2 heterocycles. The Morgan fingerprint density at radius 2 is 1.87 bits per heavy atom. The lowest BCUT2D eigenvalue weighted by Crippen LogP contribution is -2.46. The predicted octanol–water partition coefficient (Wildman–Crippen LogP) is 3.88. The van der Waals surface area contributed by atoms with Crippen LogP contribution in [0.4, 0.5) is 5.69 Å². The molecular formula is C19H22ClN3. The highest BCUT2D eigenvalue weighted by atomic mass is 35.5. The molecule has 0 bridgehead atoms. The van der Waals surface area contributed by atoms with Crippen LogP contribution < -0.4 is 4.90 Å². The van der Waals surface area contributed by atoms with Crippen molar-refractivity contribution < 1.29 is 0 Å². The van der Waals surface area contributed by atoms with Crippen LogP contribution in [0.3, 0.4) is 0 Å². The van der Waals surface area contributed by atoms with Gasteiger partial charge in [-0.15, -0.1) is 0 Å². The second kappa shape index (κ2) is 7.62. The molecule has 1 aliphatic rings. The molecule has 0 unspecified atom stereocenters. The van der Waals surface area contributed by atoms with Crippen molar-refractivity contribution in [3.63, 3.8) is 0 Å². The van der Waals surface area contributed by atoms with Crippen molar-refractivity contribution >= 4 is 23.4 Å². The number of anilines is 1. The number of nitrogens with zero attached hydrogens (tertiary/aromatic N) is 3. The van der Waals surface area contributed by atoms with Gasteiger partial charge in [0.25, 0.3) is 0 Å². The Bertz CT molecular complexity index is 662. The van der Waals surface area contributed by atoms with E-state index >= 15 is 0 Å². The summed E-state index contributed by atoms with van der Waals surface area (Å²) in [4.78, 5) is 9.12. The Balaban J connectivity index is 1.50. The number of benzene rings is 1. The van der Waals surface area contributed by atoms with Crippen molar-refractivity contribution in [3.8, 4) is 0 Å². The van der Waals surface area contributed by atoms with Gasteiger partial charge in [0, 0.05) is 32.7 Å². The molecule has 0 atom stereocenters. The number of aromatic nitrogens is 1. The van der Waals surface area contributed by atoms with Crippen molar-refractivity contribution in [1.29, 1.82) is 0 Å². The first kappa shape index (κ1) is 16.0. The highest BCUT2D eigenvalue weighted by Gasteiger charge is 2.16. The maximum Gasteiger partial charge on any atom is 0.132 e. The molecule has 1 saturated heterocycles. The number of rotatable bonds is 4. The molecule has 120 valence electrons. The third kappa shape index (κ3) is 4.34. The van der Waals surface area contributed by atoms with E-state index in [0.29, 0.717) is 5.15 Å². The molecule has 0 N–H and O–H groups in total. The Morgan fingerprint density at radius 3 is 2.57 bits per heavy atom. The smallest absolute Gasteiger partial charge is 0.132 e. The van der Waals surface area contributed by atoms with E-state index in [1.54, 1.807) is 0 Å². The zero-order valence-electron chi connectivity index (χ0n) is 13.5. The summed E-state index contributed by atoms with van der Waals surface area (Å²) < 4.78 is 0. The first-order valence-corrected chi connectivity index (χ1v) is 8.41. The van der Waals surface area contributed by atoms with Crippen LogP contribution in [0, 0.1) is 6.92 Å². The molecule has 1 aromatic carbocycles. The van der Waals surface area contributed by atoms with Gasteiger partial charge in [0.05, 0.1) is 11.9 Å². The Morgan fingerprint density at radius 1 is 1.13 bits per heavy atom. The minimum Gasteiger partial charge on any atom is -0.368 e. The van der Waals surface area contributed by atoms with Crippen LogP contribution in [0.15, 0.2) is 48.7 Å². The minimum atomic E-state index is 0.596. The molecule has 1 aliphatic heterocycles. The van der Waals surface area contributed by atoms with Gasteiger partial charge in [0.2, 0.25) is 0 Å². The lowest BCUT2D eigenvalue weighted by Gasteiger charge is -2.35. The van der Waals surface area contributed by atoms with Gasteiger partial charge in [0.15, 0.2) is 0 Å². The van der Waals surface area contributed by atoms with E-state index in [9.17, 15) is 0 Å². The number of piperazine rings is 1. The summed E-state index contributed by atoms with van der Waals surface area (Å²) in [7, 11) is 0. The van der Waals surface area contributed by atoms with Crippen molar-refractivity contribution in [1.82, 2.24) is 9.88 Å². The third-order valence-electron chi connectivity index (χ3n) is 4.21. The standard InChI is InChI=1S/C19H22ClN3/c1-16-14-18(15-21-19(16)20)23-12-10-22(11-13-23)9-5-8-17-6-3-2-4-7-17/h2-8,14-15H,9-13H2,1H3/b8-5+. The summed E-state index contributed by atoms with van der Waals surface area (Å²) in [5.74, 6) is 0. The summed E-state index contributed by atoms with van der Waals surface area (Å²) in [5.41, 5.74) is 3.47. The molecule has 4 heteroatoms. The van der Waals surface area contributed by atoms with Crippen LogP contribution >= 0.6 is 11.6 Å². The molecule has 0 aliphatic carbocycles. The fourth-order valence-electron chi connectivity index (χ4n) is 2.81. The van der Waals surface area contributed by atoms with E-state index in [1.807, 2.05) is 19.2 Å². The summed E-state index contributed by atoms with van der Waals surface area (Å²) in [6, 6.07) is 12.6. The molecule has 0 amide bonds. The molecule has 0 saturated carbocycles. The molecule has 0 spiro atoms. The van der Waals surface area contributed by atoms with Gasteiger partial charge in [-0.1, -0.05) is 54.1 Å². The van der Waals surface area contributed by atoms with E-state index in [1.165, 1.54) is 11.3 Å². The first-order chi connectivity index (χ1) is 11.2. The number of aryl methyl sites for hydroxylation is 1. The van der Waals surface area contributed by atoms with Gasteiger partial charge in [-0.3, -0.25) is 4.90 Å². The zero-order chi connectivity index (χ0) is 16.1. The molecule has 1 aromatic heterocycles. The van der Waals surface area contributed by atoms with Gasteiger partial charge in [-0.2, -0.15) is 0 Å². The second-order valence-corrected chi connectivity index (χ2v) is 6.26. The lowest BCUT2D eigenvalue weighted by molar-refractivity contribution is 0.284. The Kier molecular flexibility index (Phi) is 5.31. The fourth-order valence-corrected chi connectivity index (χ4v) is 2.91. The Hall–Kier alpha value is -1.84. The molecule has 3 rings (SSSR count). The average molecular weight is 328 g/mol. The molecule has 23 heavy (non-hydrogen) atoms. The van der Waals surface area contributed by atoms with Crippen LogP contribution in [-0.2, 0) is 0 Å². The topological polar surface area (TPSA) is 19.4 Å². The lowest BCUT2D eigenvalue weighted by atomic mass is 10.2. The highest BCUT2D eigenvalue weighted by Crippen LogP contribution is 2.21. The van der Waals surface area contributed by atoms with Gasteiger partial charge in [-0.05, 0) is 24.1 Å². The van der Waals surface area contributed by atoms with E-state index in [2.05, 4.69) is 57.3 Å². The Labute approximate surface area is 143 Å². The van der Waals surface area contributed by atoms with Gasteiger partial charge >= 0.3 is 0 Å². The number of pyridine rings is 1. The van der Waals surface area contributed by atoms with Gasteiger partial charge < -0.3 is 4.90 Å². The molecular weight excluding hydrogens is 306 g/mol. The van der Waals surface area contributed by atoms with E-state index in [4.69, 9.17) is 11.6 Å². The van der Waals surface area contributed by atoms with E-state index in [0.717, 1.165) is 38.3 Å².